The van der Waals surface area contributed by atoms with Crippen molar-refractivity contribution in [2.75, 3.05) is 5.32 Å². The van der Waals surface area contributed by atoms with Crippen LogP contribution >= 0.6 is 15.9 Å². The topological polar surface area (TPSA) is 75.4 Å². The quantitative estimate of drug-likeness (QED) is 0.623. The molecule has 0 saturated carbocycles. The molecule has 0 bridgehead atoms. The zero-order valence-electron chi connectivity index (χ0n) is 14.3. The number of amides is 1. The lowest BCUT2D eigenvalue weighted by Crippen LogP contribution is -2.12. The predicted octanol–water partition coefficient (Wildman–Crippen LogP) is 4.48. The highest BCUT2D eigenvalue weighted by molar-refractivity contribution is 9.10. The number of carbonyl (C=O) groups is 1. The van der Waals surface area contributed by atoms with Crippen molar-refractivity contribution in [2.45, 2.75) is 26.4 Å². The SMILES string of the molecule is Cc1nc(CCC(=O)Nc2cccc(CO)c2)oc1-c1ccc(Br)cc1. The molecule has 2 aromatic carbocycles. The maximum atomic E-state index is 12.1. The summed E-state index contributed by atoms with van der Waals surface area (Å²) < 4.78 is 6.84. The summed E-state index contributed by atoms with van der Waals surface area (Å²) in [6.07, 6.45) is 0.686. The van der Waals surface area contributed by atoms with Crippen LogP contribution in [0.5, 0.6) is 0 Å². The van der Waals surface area contributed by atoms with Crippen LogP contribution in [0.15, 0.2) is 57.4 Å². The molecule has 0 aliphatic rings. The minimum atomic E-state index is -0.124. The highest BCUT2D eigenvalue weighted by Crippen LogP contribution is 2.26. The van der Waals surface area contributed by atoms with Gasteiger partial charge in [-0.2, -0.15) is 0 Å². The number of halogens is 1. The van der Waals surface area contributed by atoms with E-state index >= 15 is 0 Å². The molecule has 1 heterocycles. The summed E-state index contributed by atoms with van der Waals surface area (Å²) in [5.74, 6) is 1.14. The molecule has 0 aliphatic carbocycles. The van der Waals surface area contributed by atoms with Gasteiger partial charge in [0, 0.05) is 28.6 Å². The molecule has 0 atom stereocenters. The zero-order chi connectivity index (χ0) is 18.5. The number of rotatable bonds is 6. The highest BCUT2D eigenvalue weighted by atomic mass is 79.9. The van der Waals surface area contributed by atoms with E-state index in [1.165, 1.54) is 0 Å². The van der Waals surface area contributed by atoms with Crippen LogP contribution in [-0.2, 0) is 17.8 Å². The van der Waals surface area contributed by atoms with Gasteiger partial charge in [0.25, 0.3) is 0 Å². The van der Waals surface area contributed by atoms with E-state index in [0.29, 0.717) is 18.0 Å². The zero-order valence-corrected chi connectivity index (χ0v) is 15.9. The van der Waals surface area contributed by atoms with Crippen molar-refractivity contribution in [3.63, 3.8) is 0 Å². The number of oxazole rings is 1. The normalized spacial score (nSPS) is 10.7. The number of benzene rings is 2. The largest absolute Gasteiger partial charge is 0.440 e. The van der Waals surface area contributed by atoms with Gasteiger partial charge in [0.1, 0.15) is 0 Å². The van der Waals surface area contributed by atoms with Gasteiger partial charge < -0.3 is 14.8 Å². The maximum absolute atomic E-state index is 12.1. The van der Waals surface area contributed by atoms with Gasteiger partial charge in [-0.1, -0.05) is 40.2 Å². The number of aliphatic hydroxyl groups is 1. The minimum absolute atomic E-state index is 0.0574. The fourth-order valence-corrected chi connectivity index (χ4v) is 2.88. The highest BCUT2D eigenvalue weighted by Gasteiger charge is 2.13. The van der Waals surface area contributed by atoms with Crippen LogP contribution in [-0.4, -0.2) is 16.0 Å². The van der Waals surface area contributed by atoms with Gasteiger partial charge in [-0.15, -0.1) is 0 Å². The molecule has 134 valence electrons. The molecule has 0 aliphatic heterocycles. The Morgan fingerprint density at radius 3 is 2.73 bits per heavy atom. The molecular weight excluding hydrogens is 396 g/mol. The first-order valence-electron chi connectivity index (χ1n) is 8.27. The smallest absolute Gasteiger partial charge is 0.224 e. The molecular formula is C20H19BrN2O3. The van der Waals surface area contributed by atoms with Crippen molar-refractivity contribution < 1.29 is 14.3 Å². The Morgan fingerprint density at radius 2 is 2.00 bits per heavy atom. The summed E-state index contributed by atoms with van der Waals surface area (Å²) in [5.41, 5.74) is 3.18. The Hall–Kier alpha value is -2.44. The summed E-state index contributed by atoms with van der Waals surface area (Å²) in [6, 6.07) is 15.0. The third-order valence-electron chi connectivity index (χ3n) is 3.91. The maximum Gasteiger partial charge on any atom is 0.224 e. The van der Waals surface area contributed by atoms with Gasteiger partial charge in [-0.05, 0) is 36.8 Å². The van der Waals surface area contributed by atoms with Crippen molar-refractivity contribution in [3.8, 4) is 11.3 Å². The average Bonchev–Trinajstić information content (AvgIpc) is 3.01. The molecule has 2 N–H and O–H groups in total. The Bertz CT molecular complexity index is 904. The lowest BCUT2D eigenvalue weighted by atomic mass is 10.1. The molecule has 0 fully saturated rings. The van der Waals surface area contributed by atoms with Crippen LogP contribution in [0.1, 0.15) is 23.6 Å². The van der Waals surface area contributed by atoms with E-state index in [4.69, 9.17) is 9.52 Å². The number of anilines is 1. The Labute approximate surface area is 160 Å². The summed E-state index contributed by atoms with van der Waals surface area (Å²) in [6.45, 7) is 1.84. The van der Waals surface area contributed by atoms with Gasteiger partial charge in [0.2, 0.25) is 5.91 Å². The van der Waals surface area contributed by atoms with E-state index in [2.05, 4.69) is 26.2 Å². The van der Waals surface area contributed by atoms with Crippen molar-refractivity contribution in [2.24, 2.45) is 0 Å². The summed E-state index contributed by atoms with van der Waals surface area (Å²) in [5, 5.41) is 12.0. The van der Waals surface area contributed by atoms with Crippen molar-refractivity contribution in [1.82, 2.24) is 4.98 Å². The number of nitrogens with zero attached hydrogens (tertiary/aromatic N) is 1. The molecule has 0 saturated heterocycles. The molecule has 1 amide bonds. The molecule has 6 heteroatoms. The second-order valence-corrected chi connectivity index (χ2v) is 6.85. The summed E-state index contributed by atoms with van der Waals surface area (Å²) in [4.78, 5) is 16.6. The van der Waals surface area contributed by atoms with E-state index in [1.807, 2.05) is 31.2 Å². The summed E-state index contributed by atoms with van der Waals surface area (Å²) in [7, 11) is 0. The number of aromatic nitrogens is 1. The first-order valence-corrected chi connectivity index (χ1v) is 9.06. The van der Waals surface area contributed by atoms with Gasteiger partial charge in [0.15, 0.2) is 11.7 Å². The van der Waals surface area contributed by atoms with E-state index in [1.54, 1.807) is 24.3 Å². The van der Waals surface area contributed by atoms with Gasteiger partial charge in [0.05, 0.1) is 12.3 Å². The van der Waals surface area contributed by atoms with E-state index < -0.39 is 0 Å². The minimum Gasteiger partial charge on any atom is -0.440 e. The second-order valence-electron chi connectivity index (χ2n) is 5.94. The van der Waals surface area contributed by atoms with Crippen molar-refractivity contribution in [3.05, 3.63) is 70.2 Å². The molecule has 5 nitrogen and oxygen atoms in total. The van der Waals surface area contributed by atoms with Crippen LogP contribution in [0.3, 0.4) is 0 Å². The Balaban J connectivity index is 1.62. The second kappa shape index (κ2) is 8.29. The van der Waals surface area contributed by atoms with E-state index in [9.17, 15) is 4.79 Å². The van der Waals surface area contributed by atoms with E-state index in [-0.39, 0.29) is 18.9 Å². The van der Waals surface area contributed by atoms with Crippen LogP contribution in [0, 0.1) is 6.92 Å². The molecule has 1 aromatic heterocycles. The van der Waals surface area contributed by atoms with Crippen LogP contribution in [0.2, 0.25) is 0 Å². The molecule has 26 heavy (non-hydrogen) atoms. The summed E-state index contributed by atoms with van der Waals surface area (Å²) >= 11 is 3.41. The predicted molar refractivity (Wildman–Crippen MR) is 104 cm³/mol. The standard InChI is InChI=1S/C20H19BrN2O3/c1-13-20(15-5-7-16(21)8-6-15)26-19(22-13)10-9-18(25)23-17-4-2-3-14(11-17)12-24/h2-8,11,24H,9-10,12H2,1H3,(H,23,25). The first-order chi connectivity index (χ1) is 12.5. The number of aliphatic hydroxyl groups excluding tert-OH is 1. The van der Waals surface area contributed by atoms with Crippen molar-refractivity contribution in [1.29, 1.82) is 0 Å². The van der Waals surface area contributed by atoms with Gasteiger partial charge in [-0.3, -0.25) is 4.79 Å². The van der Waals surface area contributed by atoms with Crippen LogP contribution in [0.25, 0.3) is 11.3 Å². The average molecular weight is 415 g/mol. The monoisotopic (exact) mass is 414 g/mol. The Kier molecular flexibility index (Phi) is 5.85. The lowest BCUT2D eigenvalue weighted by Gasteiger charge is -2.05. The molecule has 0 spiro atoms. The number of carbonyl (C=O) groups excluding carboxylic acids is 1. The fraction of sp³-hybridized carbons (Fsp3) is 0.200. The molecule has 3 aromatic rings. The lowest BCUT2D eigenvalue weighted by molar-refractivity contribution is -0.116. The molecule has 0 radical (unpaired) electrons. The first kappa shape index (κ1) is 18.4. The molecule has 0 unspecified atom stereocenters. The van der Waals surface area contributed by atoms with E-state index in [0.717, 1.165) is 27.1 Å². The number of aryl methyl sites for hydroxylation is 2. The van der Waals surface area contributed by atoms with Gasteiger partial charge >= 0.3 is 0 Å². The Morgan fingerprint density at radius 1 is 1.23 bits per heavy atom. The third-order valence-corrected chi connectivity index (χ3v) is 4.44. The number of nitrogens with one attached hydrogen (secondary N) is 1. The van der Waals surface area contributed by atoms with Gasteiger partial charge in [-0.25, -0.2) is 4.98 Å². The van der Waals surface area contributed by atoms with Crippen molar-refractivity contribution >= 4 is 27.5 Å². The molecule has 3 rings (SSSR count). The number of hydrogen-bond acceptors (Lipinski definition) is 4. The van der Waals surface area contributed by atoms with Crippen LogP contribution < -0.4 is 5.32 Å². The number of hydrogen-bond donors (Lipinski definition) is 2. The van der Waals surface area contributed by atoms with Crippen LogP contribution in [0.4, 0.5) is 5.69 Å². The third kappa shape index (κ3) is 4.59. The fourth-order valence-electron chi connectivity index (χ4n) is 2.62.